The fourth-order valence-corrected chi connectivity index (χ4v) is 5.00. The number of rotatable bonds is 4. The molecule has 6 nitrogen and oxygen atoms in total. The third kappa shape index (κ3) is 2.86. The standard InChI is InChI=1S/C21H20N2O4S/c1-22(2)19(25)18(14-8-4-3-5-9-14)27-20(26)21-13-12-17(24)23(21)15-10-6-7-11-16(15)28-21/h3-11,18H,12-13H2,1-2H3/t18-,21-/m1/s1. The van der Waals surface area contributed by atoms with Crippen LogP contribution >= 0.6 is 11.8 Å². The Morgan fingerprint density at radius 2 is 1.79 bits per heavy atom. The van der Waals surface area contributed by atoms with E-state index < -0.39 is 16.9 Å². The van der Waals surface area contributed by atoms with Crippen molar-refractivity contribution in [1.82, 2.24) is 4.90 Å². The normalized spacial score (nSPS) is 21.1. The van der Waals surface area contributed by atoms with Gasteiger partial charge in [-0.15, -0.1) is 0 Å². The van der Waals surface area contributed by atoms with Gasteiger partial charge in [0.05, 0.1) is 5.69 Å². The van der Waals surface area contributed by atoms with Crippen molar-refractivity contribution in [3.8, 4) is 0 Å². The van der Waals surface area contributed by atoms with Crippen LogP contribution in [0.1, 0.15) is 24.5 Å². The van der Waals surface area contributed by atoms with Gasteiger partial charge in [-0.25, -0.2) is 4.79 Å². The summed E-state index contributed by atoms with van der Waals surface area (Å²) in [6.07, 6.45) is -0.435. The number of carbonyl (C=O) groups is 3. The Kier molecular flexibility index (Phi) is 4.63. The molecule has 1 saturated heterocycles. The number of amides is 2. The number of anilines is 1. The van der Waals surface area contributed by atoms with Gasteiger partial charge in [0, 0.05) is 37.4 Å². The Bertz CT molecular complexity index is 946. The summed E-state index contributed by atoms with van der Waals surface area (Å²) in [6, 6.07) is 16.4. The lowest BCUT2D eigenvalue weighted by molar-refractivity contribution is -0.161. The Morgan fingerprint density at radius 3 is 2.50 bits per heavy atom. The summed E-state index contributed by atoms with van der Waals surface area (Å²) < 4.78 is 5.78. The molecule has 0 saturated carbocycles. The van der Waals surface area contributed by atoms with Gasteiger partial charge in [0.2, 0.25) is 12.0 Å². The molecule has 2 atom stereocenters. The molecule has 144 valence electrons. The van der Waals surface area contributed by atoms with Gasteiger partial charge in [-0.3, -0.25) is 14.5 Å². The molecule has 0 N–H and O–H groups in total. The Balaban J connectivity index is 1.68. The molecule has 7 heteroatoms. The third-order valence-corrected chi connectivity index (χ3v) is 6.44. The lowest BCUT2D eigenvalue weighted by Gasteiger charge is -2.31. The quantitative estimate of drug-likeness (QED) is 0.744. The van der Waals surface area contributed by atoms with Gasteiger partial charge in [0.1, 0.15) is 0 Å². The van der Waals surface area contributed by atoms with Gasteiger partial charge in [0.25, 0.3) is 5.91 Å². The summed E-state index contributed by atoms with van der Waals surface area (Å²) in [4.78, 5) is 41.3. The number of hydrogen-bond acceptors (Lipinski definition) is 5. The van der Waals surface area contributed by atoms with Gasteiger partial charge in [-0.2, -0.15) is 0 Å². The number of likely N-dealkylation sites (N-methyl/N-ethyl adjacent to an activating group) is 1. The predicted molar refractivity (Wildman–Crippen MR) is 106 cm³/mol. The Labute approximate surface area is 167 Å². The molecule has 2 aliphatic heterocycles. The third-order valence-electron chi connectivity index (χ3n) is 4.98. The van der Waals surface area contributed by atoms with Crippen LogP contribution in [0.4, 0.5) is 5.69 Å². The van der Waals surface area contributed by atoms with Gasteiger partial charge < -0.3 is 9.64 Å². The molecule has 0 unspecified atom stereocenters. The summed E-state index contributed by atoms with van der Waals surface area (Å²) in [7, 11) is 3.24. The fourth-order valence-electron chi connectivity index (χ4n) is 3.59. The summed E-state index contributed by atoms with van der Waals surface area (Å²) in [5.41, 5.74) is 1.32. The van der Waals surface area contributed by atoms with Crippen LogP contribution in [0.5, 0.6) is 0 Å². The van der Waals surface area contributed by atoms with E-state index in [0.717, 1.165) is 10.6 Å². The SMILES string of the molecule is CN(C)C(=O)[C@H](OC(=O)[C@]12CCC(=O)N1c1ccccc1S2)c1ccccc1. The molecule has 0 spiro atoms. The second kappa shape index (κ2) is 6.98. The molecule has 2 amide bonds. The van der Waals surface area contributed by atoms with E-state index in [0.29, 0.717) is 12.0 Å². The number of ether oxygens (including phenoxy) is 1. The predicted octanol–water partition coefficient (Wildman–Crippen LogP) is 2.99. The molecule has 0 aliphatic carbocycles. The lowest BCUT2D eigenvalue weighted by Crippen LogP contribution is -2.49. The zero-order chi connectivity index (χ0) is 19.9. The highest BCUT2D eigenvalue weighted by molar-refractivity contribution is 8.02. The van der Waals surface area contributed by atoms with Crippen molar-refractivity contribution in [2.45, 2.75) is 28.7 Å². The Hall–Kier alpha value is -2.80. The van der Waals surface area contributed by atoms with Crippen LogP contribution in [0.25, 0.3) is 0 Å². The second-order valence-electron chi connectivity index (χ2n) is 7.01. The molecular formula is C21H20N2O4S. The highest BCUT2D eigenvalue weighted by Gasteiger charge is 2.59. The molecule has 2 aromatic carbocycles. The number of thioether (sulfide) groups is 1. The maximum absolute atomic E-state index is 13.4. The average molecular weight is 396 g/mol. The molecule has 1 fully saturated rings. The van der Waals surface area contributed by atoms with Crippen LogP contribution < -0.4 is 4.90 Å². The first-order valence-corrected chi connectivity index (χ1v) is 9.84. The van der Waals surface area contributed by atoms with Crippen LogP contribution in [0.15, 0.2) is 59.5 Å². The number of fused-ring (bicyclic) bond motifs is 3. The van der Waals surface area contributed by atoms with Gasteiger partial charge in [-0.1, -0.05) is 54.2 Å². The number of hydrogen-bond donors (Lipinski definition) is 0. The van der Waals surface area contributed by atoms with Crippen LogP contribution in [0.2, 0.25) is 0 Å². The molecule has 2 heterocycles. The number of para-hydroxylation sites is 1. The van der Waals surface area contributed by atoms with Crippen molar-refractivity contribution in [3.05, 3.63) is 60.2 Å². The van der Waals surface area contributed by atoms with Crippen LogP contribution in [0, 0.1) is 0 Å². The smallest absolute Gasteiger partial charge is 0.344 e. The molecule has 28 heavy (non-hydrogen) atoms. The molecule has 4 rings (SSSR count). The number of esters is 1. The summed E-state index contributed by atoms with van der Waals surface area (Å²) >= 11 is 1.33. The average Bonchev–Trinajstić information content (AvgIpc) is 3.22. The van der Waals surface area contributed by atoms with Crippen molar-refractivity contribution in [1.29, 1.82) is 0 Å². The van der Waals surface area contributed by atoms with Gasteiger partial charge in [0.15, 0.2) is 4.87 Å². The van der Waals surface area contributed by atoms with E-state index >= 15 is 0 Å². The first kappa shape index (κ1) is 18.6. The van der Waals surface area contributed by atoms with Crippen molar-refractivity contribution >= 4 is 35.2 Å². The number of carbonyl (C=O) groups excluding carboxylic acids is 3. The minimum atomic E-state index is -1.15. The number of nitrogens with zero attached hydrogens (tertiary/aromatic N) is 2. The highest BCUT2D eigenvalue weighted by Crippen LogP contribution is 2.56. The fraction of sp³-hybridized carbons (Fsp3) is 0.286. The van der Waals surface area contributed by atoms with E-state index in [1.165, 1.54) is 21.6 Å². The lowest BCUT2D eigenvalue weighted by atomic mass is 10.1. The molecule has 0 bridgehead atoms. The van der Waals surface area contributed by atoms with Gasteiger partial charge >= 0.3 is 5.97 Å². The zero-order valence-corrected chi connectivity index (χ0v) is 16.4. The monoisotopic (exact) mass is 396 g/mol. The molecule has 0 radical (unpaired) electrons. The first-order valence-electron chi connectivity index (χ1n) is 9.02. The maximum Gasteiger partial charge on any atom is 0.344 e. The topological polar surface area (TPSA) is 66.9 Å². The maximum atomic E-state index is 13.4. The van der Waals surface area contributed by atoms with E-state index in [1.807, 2.05) is 30.3 Å². The second-order valence-corrected chi connectivity index (χ2v) is 8.33. The van der Waals surface area contributed by atoms with Crippen molar-refractivity contribution < 1.29 is 19.1 Å². The van der Waals surface area contributed by atoms with Crippen LogP contribution in [-0.2, 0) is 19.1 Å². The summed E-state index contributed by atoms with van der Waals surface area (Å²) in [5, 5.41) is 0. The highest BCUT2D eigenvalue weighted by atomic mass is 32.2. The molecule has 2 aromatic rings. The first-order chi connectivity index (χ1) is 13.4. The van der Waals surface area contributed by atoms with Crippen molar-refractivity contribution in [2.24, 2.45) is 0 Å². The van der Waals surface area contributed by atoms with Crippen LogP contribution in [0.3, 0.4) is 0 Å². The van der Waals surface area contributed by atoms with E-state index in [1.54, 1.807) is 38.4 Å². The molecule has 2 aliphatic rings. The largest absolute Gasteiger partial charge is 0.445 e. The van der Waals surface area contributed by atoms with Crippen molar-refractivity contribution in [3.63, 3.8) is 0 Å². The minimum absolute atomic E-state index is 0.107. The van der Waals surface area contributed by atoms with Gasteiger partial charge in [-0.05, 0) is 12.1 Å². The minimum Gasteiger partial charge on any atom is -0.445 e. The Morgan fingerprint density at radius 1 is 1.11 bits per heavy atom. The number of benzene rings is 2. The van der Waals surface area contributed by atoms with Crippen LogP contribution in [-0.4, -0.2) is 41.6 Å². The van der Waals surface area contributed by atoms with E-state index in [9.17, 15) is 14.4 Å². The zero-order valence-electron chi connectivity index (χ0n) is 15.6. The van der Waals surface area contributed by atoms with Crippen molar-refractivity contribution in [2.75, 3.05) is 19.0 Å². The van der Waals surface area contributed by atoms with E-state index in [-0.39, 0.29) is 18.2 Å². The summed E-state index contributed by atoms with van der Waals surface area (Å²) in [5.74, 6) is -1.000. The summed E-state index contributed by atoms with van der Waals surface area (Å²) in [6.45, 7) is 0. The van der Waals surface area contributed by atoms with E-state index in [2.05, 4.69) is 0 Å². The molecule has 0 aromatic heterocycles. The molecular weight excluding hydrogens is 376 g/mol. The van der Waals surface area contributed by atoms with E-state index in [4.69, 9.17) is 4.74 Å².